The lowest BCUT2D eigenvalue weighted by Gasteiger charge is -1.83. The number of benzene rings is 1. The van der Waals surface area contributed by atoms with E-state index in [0.717, 1.165) is 14.8 Å². The summed E-state index contributed by atoms with van der Waals surface area (Å²) < 4.78 is 7.03. The first-order valence-corrected chi connectivity index (χ1v) is 5.06. The molecule has 0 bridgehead atoms. The molecule has 0 spiro atoms. The fraction of sp³-hybridized carbons (Fsp3) is 0. The quantitative estimate of drug-likeness (QED) is 0.464. The van der Waals surface area contributed by atoms with E-state index in [1.807, 2.05) is 24.3 Å². The van der Waals surface area contributed by atoms with E-state index in [0.29, 0.717) is 11.4 Å². The van der Waals surface area contributed by atoms with Crippen LogP contribution in [0.5, 0.6) is 0 Å². The second-order valence-corrected chi connectivity index (χ2v) is 4.02. The van der Waals surface area contributed by atoms with Gasteiger partial charge >= 0.3 is 0 Å². The van der Waals surface area contributed by atoms with Gasteiger partial charge in [-0.25, -0.2) is 4.79 Å². The number of carbonyl (C=O) groups excluding carboxylic acids is 1. The van der Waals surface area contributed by atoms with E-state index < -0.39 is 0 Å². The maximum Gasteiger partial charge on any atom is 0.242 e. The zero-order valence-electron chi connectivity index (χ0n) is 7.43. The molecule has 0 unspecified atom stereocenters. The molecule has 0 aliphatic carbocycles. The second kappa shape index (κ2) is 3.02. The lowest BCUT2D eigenvalue weighted by Crippen LogP contribution is -1.60. The number of hydrogen-bond acceptors (Lipinski definition) is 5. The van der Waals surface area contributed by atoms with Crippen LogP contribution < -0.4 is 0 Å². The molecule has 0 saturated carbocycles. The van der Waals surface area contributed by atoms with Gasteiger partial charge in [0.05, 0.1) is 0 Å². The summed E-state index contributed by atoms with van der Waals surface area (Å²) in [6.07, 6.45) is 1.47. The predicted octanol–water partition coefficient (Wildman–Crippen LogP) is 3.01. The number of thiophene rings is 1. The maximum absolute atomic E-state index is 10.2. The predicted molar refractivity (Wildman–Crippen MR) is 57.2 cm³/mol. The van der Waals surface area contributed by atoms with Gasteiger partial charge < -0.3 is 4.52 Å². The Morgan fingerprint density at radius 2 is 2.27 bits per heavy atom. The summed E-state index contributed by atoms with van der Waals surface area (Å²) in [4.78, 5) is 13.7. The molecule has 0 aliphatic heterocycles. The third-order valence-corrected chi connectivity index (χ3v) is 3.28. The summed E-state index contributed by atoms with van der Waals surface area (Å²) in [6, 6.07) is 7.82. The normalized spacial score (nSPS) is 10.7. The van der Waals surface area contributed by atoms with E-state index in [1.165, 1.54) is 17.4 Å². The Morgan fingerprint density at radius 3 is 3.13 bits per heavy atom. The van der Waals surface area contributed by atoms with Gasteiger partial charge in [0.15, 0.2) is 5.58 Å². The minimum atomic E-state index is 0.307. The molecule has 2 heterocycles. The van der Waals surface area contributed by atoms with Crippen LogP contribution in [-0.2, 0) is 4.79 Å². The molecule has 0 amide bonds. The summed E-state index contributed by atoms with van der Waals surface area (Å²) in [7, 11) is 0. The average Bonchev–Trinajstić information content (AvgIpc) is 2.79. The molecule has 15 heavy (non-hydrogen) atoms. The molecule has 0 saturated heterocycles. The van der Waals surface area contributed by atoms with E-state index >= 15 is 0 Å². The SMILES string of the molecule is O=C=Nc1noc2c1sc1ccccc12. The highest BCUT2D eigenvalue weighted by Gasteiger charge is 2.13. The highest BCUT2D eigenvalue weighted by atomic mass is 32.1. The van der Waals surface area contributed by atoms with Crippen molar-refractivity contribution < 1.29 is 9.32 Å². The first-order valence-electron chi connectivity index (χ1n) is 4.25. The molecule has 3 rings (SSSR count). The number of isocyanates is 1. The molecule has 0 aliphatic rings. The van der Waals surface area contributed by atoms with Crippen LogP contribution in [0.25, 0.3) is 20.4 Å². The van der Waals surface area contributed by atoms with Crippen LogP contribution in [0.1, 0.15) is 0 Å². The largest absolute Gasteiger partial charge is 0.352 e. The van der Waals surface area contributed by atoms with E-state index in [4.69, 9.17) is 4.52 Å². The lowest BCUT2D eigenvalue weighted by molar-refractivity contribution is 0.461. The van der Waals surface area contributed by atoms with Crippen molar-refractivity contribution in [2.75, 3.05) is 0 Å². The van der Waals surface area contributed by atoms with Gasteiger partial charge in [0.25, 0.3) is 0 Å². The molecule has 3 aromatic rings. The van der Waals surface area contributed by atoms with Crippen molar-refractivity contribution in [3.63, 3.8) is 0 Å². The molecule has 0 N–H and O–H groups in total. The average molecular weight is 216 g/mol. The fourth-order valence-corrected chi connectivity index (χ4v) is 2.56. The molecule has 0 fully saturated rings. The van der Waals surface area contributed by atoms with Crippen molar-refractivity contribution in [3.05, 3.63) is 24.3 Å². The van der Waals surface area contributed by atoms with E-state index in [9.17, 15) is 4.79 Å². The number of fused-ring (bicyclic) bond motifs is 3. The molecule has 2 aromatic heterocycles. The van der Waals surface area contributed by atoms with E-state index in [-0.39, 0.29) is 0 Å². The monoisotopic (exact) mass is 216 g/mol. The van der Waals surface area contributed by atoms with Crippen molar-refractivity contribution in [3.8, 4) is 0 Å². The topological polar surface area (TPSA) is 55.5 Å². The van der Waals surface area contributed by atoms with Crippen LogP contribution in [0.3, 0.4) is 0 Å². The first kappa shape index (κ1) is 8.35. The van der Waals surface area contributed by atoms with E-state index in [1.54, 1.807) is 0 Å². The van der Waals surface area contributed by atoms with Crippen LogP contribution in [0.4, 0.5) is 5.82 Å². The Bertz CT molecular complexity index is 692. The van der Waals surface area contributed by atoms with Gasteiger partial charge in [-0.2, -0.15) is 0 Å². The Hall–Kier alpha value is -1.97. The van der Waals surface area contributed by atoms with Gasteiger partial charge in [-0.1, -0.05) is 17.3 Å². The minimum absolute atomic E-state index is 0.307. The number of rotatable bonds is 1. The Kier molecular flexibility index (Phi) is 1.68. The Morgan fingerprint density at radius 1 is 1.40 bits per heavy atom. The van der Waals surface area contributed by atoms with Gasteiger partial charge in [-0.3, -0.25) is 0 Å². The van der Waals surface area contributed by atoms with Crippen molar-refractivity contribution in [1.29, 1.82) is 0 Å². The van der Waals surface area contributed by atoms with Crippen LogP contribution in [-0.4, -0.2) is 11.2 Å². The molecular weight excluding hydrogens is 212 g/mol. The fourth-order valence-electron chi connectivity index (χ4n) is 1.50. The first-order chi connectivity index (χ1) is 7.40. The van der Waals surface area contributed by atoms with Gasteiger partial charge in [0.2, 0.25) is 11.9 Å². The van der Waals surface area contributed by atoms with Gasteiger partial charge in [-0.15, -0.1) is 16.3 Å². The zero-order chi connectivity index (χ0) is 10.3. The number of hydrogen-bond donors (Lipinski definition) is 0. The smallest absolute Gasteiger partial charge is 0.242 e. The van der Waals surface area contributed by atoms with Crippen molar-refractivity contribution >= 4 is 43.6 Å². The third kappa shape index (κ3) is 1.11. The highest BCUT2D eigenvalue weighted by molar-refractivity contribution is 7.26. The molecule has 4 nitrogen and oxygen atoms in total. The van der Waals surface area contributed by atoms with Gasteiger partial charge in [0, 0.05) is 10.1 Å². The minimum Gasteiger partial charge on any atom is -0.352 e. The molecule has 0 radical (unpaired) electrons. The van der Waals surface area contributed by atoms with Crippen LogP contribution in [0, 0.1) is 0 Å². The van der Waals surface area contributed by atoms with Crippen molar-refractivity contribution in [2.45, 2.75) is 0 Å². The van der Waals surface area contributed by atoms with E-state index in [2.05, 4.69) is 10.1 Å². The summed E-state index contributed by atoms with van der Waals surface area (Å²) in [5, 5.41) is 4.70. The van der Waals surface area contributed by atoms with Crippen molar-refractivity contribution in [1.82, 2.24) is 5.16 Å². The third-order valence-electron chi connectivity index (χ3n) is 2.13. The molecular formula is C10H4N2O2S. The van der Waals surface area contributed by atoms with Gasteiger partial charge in [0.1, 0.15) is 4.70 Å². The highest BCUT2D eigenvalue weighted by Crippen LogP contribution is 2.38. The van der Waals surface area contributed by atoms with Crippen LogP contribution >= 0.6 is 11.3 Å². The lowest BCUT2D eigenvalue weighted by atomic mass is 10.2. The standard InChI is InChI=1S/C10H4N2O2S/c13-5-11-10-9-8(14-12-10)6-3-1-2-4-7(6)15-9/h1-4H. The molecule has 1 aromatic carbocycles. The summed E-state index contributed by atoms with van der Waals surface area (Å²) in [6.45, 7) is 0. The number of nitrogens with zero attached hydrogens (tertiary/aromatic N) is 2. The summed E-state index contributed by atoms with van der Waals surface area (Å²) >= 11 is 1.51. The second-order valence-electron chi connectivity index (χ2n) is 2.97. The molecule has 0 atom stereocenters. The van der Waals surface area contributed by atoms with Crippen molar-refractivity contribution in [2.24, 2.45) is 4.99 Å². The molecule has 72 valence electrons. The Balaban J connectivity index is 2.49. The number of aliphatic imine (C=N–C) groups is 1. The Labute approximate surface area is 87.8 Å². The summed E-state index contributed by atoms with van der Waals surface area (Å²) in [5.41, 5.74) is 0.685. The summed E-state index contributed by atoms with van der Waals surface area (Å²) in [5.74, 6) is 0.307. The zero-order valence-corrected chi connectivity index (χ0v) is 8.25. The maximum atomic E-state index is 10.2. The van der Waals surface area contributed by atoms with Crippen LogP contribution in [0.2, 0.25) is 0 Å². The van der Waals surface area contributed by atoms with Gasteiger partial charge in [-0.05, 0) is 12.1 Å². The van der Waals surface area contributed by atoms with Crippen LogP contribution in [0.15, 0.2) is 33.8 Å². The number of aromatic nitrogens is 1. The molecule has 5 heteroatoms.